The number of aromatic nitrogens is 1. The minimum Gasteiger partial charge on any atom is -0.480 e. The van der Waals surface area contributed by atoms with Crippen LogP contribution < -0.4 is 22.3 Å². The number of carbonyl (C=O) groups excluding carboxylic acids is 1. The van der Waals surface area contributed by atoms with Crippen LogP contribution in [0.15, 0.2) is 76.6 Å². The summed E-state index contributed by atoms with van der Waals surface area (Å²) in [4.78, 5) is 36.9. The molecule has 3 rings (SSSR count). The van der Waals surface area contributed by atoms with Crippen molar-refractivity contribution in [3.63, 3.8) is 0 Å². The summed E-state index contributed by atoms with van der Waals surface area (Å²) in [6, 6.07) is 19.6. The van der Waals surface area contributed by atoms with Gasteiger partial charge in [-0.25, -0.2) is 4.79 Å². The zero-order valence-corrected chi connectivity index (χ0v) is 21.4. The van der Waals surface area contributed by atoms with Gasteiger partial charge in [0.1, 0.15) is 6.04 Å². The summed E-state index contributed by atoms with van der Waals surface area (Å²) in [5, 5.41) is 10.8. The molecular weight excluding hydrogens is 470 g/mol. The smallest absolute Gasteiger partial charge is 0.326 e. The van der Waals surface area contributed by atoms with Gasteiger partial charge < -0.3 is 26.5 Å². The highest BCUT2D eigenvalue weighted by atomic mass is 16.4. The van der Waals surface area contributed by atoms with Crippen LogP contribution in [0.4, 0.5) is 0 Å². The van der Waals surface area contributed by atoms with Crippen LogP contribution in [0.2, 0.25) is 0 Å². The molecule has 1 amide bonds. The number of aliphatic carboxylic acids is 1. The monoisotopic (exact) mass is 505 g/mol. The predicted molar refractivity (Wildman–Crippen MR) is 146 cm³/mol. The summed E-state index contributed by atoms with van der Waals surface area (Å²) < 4.78 is 1.83. The summed E-state index contributed by atoms with van der Waals surface area (Å²) in [6.07, 6.45) is 3.03. The number of nitrogens with one attached hydrogen (secondary N) is 1. The molecule has 0 radical (unpaired) electrons. The summed E-state index contributed by atoms with van der Waals surface area (Å²) in [5.41, 5.74) is 15.6. The van der Waals surface area contributed by atoms with Crippen molar-refractivity contribution in [2.45, 2.75) is 45.7 Å². The third kappa shape index (κ3) is 8.96. The van der Waals surface area contributed by atoms with E-state index in [9.17, 15) is 14.4 Å². The van der Waals surface area contributed by atoms with Crippen LogP contribution in [-0.2, 0) is 9.59 Å². The molecule has 0 bridgehead atoms. The molecule has 2 aromatic carbocycles. The van der Waals surface area contributed by atoms with Gasteiger partial charge in [-0.15, -0.1) is 0 Å². The number of hydrogen-bond donors (Lipinski definition) is 4. The van der Waals surface area contributed by atoms with Gasteiger partial charge in [-0.2, -0.15) is 0 Å². The molecule has 0 saturated carbocycles. The quantitative estimate of drug-likeness (QED) is 0.144. The van der Waals surface area contributed by atoms with Crippen molar-refractivity contribution in [1.82, 2.24) is 9.88 Å². The number of rotatable bonds is 10. The number of hydrogen-bond acceptors (Lipinski definition) is 4. The van der Waals surface area contributed by atoms with E-state index in [1.807, 2.05) is 42.0 Å². The highest BCUT2D eigenvalue weighted by Crippen LogP contribution is 2.27. The molecule has 1 heterocycles. The molecular formula is C28H35N5O4. The van der Waals surface area contributed by atoms with Crippen molar-refractivity contribution in [3.05, 3.63) is 105 Å². The topological polar surface area (TPSA) is 153 Å². The van der Waals surface area contributed by atoms with Gasteiger partial charge in [0.25, 0.3) is 5.56 Å². The second-order valence-corrected chi connectivity index (χ2v) is 8.76. The summed E-state index contributed by atoms with van der Waals surface area (Å²) in [7, 11) is 0. The third-order valence-electron chi connectivity index (χ3n) is 5.67. The number of aryl methyl sites for hydroxylation is 3. The molecule has 0 aliphatic carbocycles. The normalized spacial score (nSPS) is 11.1. The number of benzene rings is 2. The Labute approximate surface area is 216 Å². The first kappa shape index (κ1) is 28.8. The van der Waals surface area contributed by atoms with E-state index in [2.05, 4.69) is 60.6 Å². The van der Waals surface area contributed by atoms with Crippen LogP contribution in [0.5, 0.6) is 0 Å². The number of carbonyl (C=O) groups is 2. The van der Waals surface area contributed by atoms with Crippen molar-refractivity contribution in [3.8, 4) is 0 Å². The molecule has 0 aliphatic rings. The average molecular weight is 506 g/mol. The van der Waals surface area contributed by atoms with Crippen molar-refractivity contribution in [1.29, 1.82) is 0 Å². The zero-order valence-electron chi connectivity index (χ0n) is 21.4. The fourth-order valence-electron chi connectivity index (χ4n) is 3.88. The van der Waals surface area contributed by atoms with E-state index in [4.69, 9.17) is 16.6 Å². The van der Waals surface area contributed by atoms with Gasteiger partial charge in [0.2, 0.25) is 6.41 Å². The van der Waals surface area contributed by atoms with Gasteiger partial charge >= 0.3 is 5.97 Å². The van der Waals surface area contributed by atoms with Crippen molar-refractivity contribution >= 4 is 18.3 Å². The van der Waals surface area contributed by atoms with Gasteiger partial charge in [-0.1, -0.05) is 65.7 Å². The first-order valence-electron chi connectivity index (χ1n) is 11.9. The Kier molecular flexibility index (Phi) is 11.1. The predicted octanol–water partition coefficient (Wildman–Crippen LogP) is 2.65. The van der Waals surface area contributed by atoms with Gasteiger partial charge in [0.15, 0.2) is 5.96 Å². The van der Waals surface area contributed by atoms with Crippen molar-refractivity contribution in [2.75, 3.05) is 6.54 Å². The third-order valence-corrected chi connectivity index (χ3v) is 5.67. The number of carboxylic acid groups (broad SMARTS) is 1. The van der Waals surface area contributed by atoms with Crippen molar-refractivity contribution in [2.24, 2.45) is 16.5 Å². The van der Waals surface area contributed by atoms with E-state index in [0.29, 0.717) is 25.8 Å². The average Bonchev–Trinajstić information content (AvgIpc) is 2.84. The zero-order chi connectivity index (χ0) is 27.4. The molecule has 0 fully saturated rings. The highest BCUT2D eigenvalue weighted by Gasteiger charge is 2.18. The summed E-state index contributed by atoms with van der Waals surface area (Å²) >= 11 is 0. The van der Waals surface area contributed by atoms with E-state index >= 15 is 0 Å². The molecule has 1 unspecified atom stereocenters. The lowest BCUT2D eigenvalue weighted by molar-refractivity contribution is -0.140. The maximum absolute atomic E-state index is 12.7. The lowest BCUT2D eigenvalue weighted by Crippen LogP contribution is -2.35. The van der Waals surface area contributed by atoms with E-state index in [1.54, 1.807) is 0 Å². The lowest BCUT2D eigenvalue weighted by Gasteiger charge is -2.22. The van der Waals surface area contributed by atoms with Crippen LogP contribution in [0, 0.1) is 20.8 Å². The van der Waals surface area contributed by atoms with Crippen LogP contribution in [-0.4, -0.2) is 40.6 Å². The SMILES string of the molecule is Cc1cccc(C(c2cccc(C)c2)n2cccc(C)c2=O)c1.NC(N)=NCCCC(NC=O)C(=O)O. The number of amides is 1. The Hall–Kier alpha value is -4.40. The fourth-order valence-corrected chi connectivity index (χ4v) is 3.88. The lowest BCUT2D eigenvalue weighted by atomic mass is 9.95. The number of nitrogens with zero attached hydrogens (tertiary/aromatic N) is 2. The first-order chi connectivity index (χ1) is 17.6. The molecule has 3 aromatic rings. The van der Waals surface area contributed by atoms with Gasteiger partial charge in [0, 0.05) is 18.3 Å². The molecule has 9 heteroatoms. The van der Waals surface area contributed by atoms with Gasteiger partial charge in [-0.05, 0) is 50.8 Å². The molecule has 9 nitrogen and oxygen atoms in total. The highest BCUT2D eigenvalue weighted by molar-refractivity contribution is 5.76. The Morgan fingerprint density at radius 3 is 2.11 bits per heavy atom. The minimum absolute atomic E-state index is 0.0276. The second-order valence-electron chi connectivity index (χ2n) is 8.76. The number of guanidine groups is 1. The van der Waals surface area contributed by atoms with E-state index in [-0.39, 0.29) is 17.6 Å². The Balaban J connectivity index is 0.000000298. The van der Waals surface area contributed by atoms with Gasteiger partial charge in [-0.3, -0.25) is 14.6 Å². The molecule has 0 aliphatic heterocycles. The summed E-state index contributed by atoms with van der Waals surface area (Å²) in [5.74, 6) is -1.10. The second kappa shape index (κ2) is 14.2. The van der Waals surface area contributed by atoms with E-state index in [1.165, 1.54) is 11.1 Å². The molecule has 1 aromatic heterocycles. The largest absolute Gasteiger partial charge is 0.480 e. The molecule has 1 atom stereocenters. The van der Waals surface area contributed by atoms with Crippen LogP contribution in [0.1, 0.15) is 46.7 Å². The number of nitrogens with two attached hydrogens (primary N) is 2. The molecule has 0 spiro atoms. The standard InChI is InChI=1S/C21H21NO.C7H14N4O3/c1-15-7-4-10-18(13-15)20(19-11-5-8-16(2)14-19)22-12-6-9-17(3)21(22)23;8-7(9)10-3-1-2-5(6(13)14)11-4-12/h4-14,20H,1-3H3;4-5H,1-3H2,(H,11,12)(H,13,14)(H4,8,9,10). The van der Waals surface area contributed by atoms with Crippen LogP contribution in [0.3, 0.4) is 0 Å². The molecule has 196 valence electrons. The summed E-state index contributed by atoms with van der Waals surface area (Å²) in [6.45, 7) is 6.38. The van der Waals surface area contributed by atoms with Gasteiger partial charge in [0.05, 0.1) is 6.04 Å². The van der Waals surface area contributed by atoms with Crippen LogP contribution in [0.25, 0.3) is 0 Å². The molecule has 0 saturated heterocycles. The van der Waals surface area contributed by atoms with Crippen LogP contribution >= 0.6 is 0 Å². The maximum atomic E-state index is 12.7. The number of aliphatic imine (C=N–C) groups is 1. The maximum Gasteiger partial charge on any atom is 0.326 e. The van der Waals surface area contributed by atoms with E-state index < -0.39 is 12.0 Å². The van der Waals surface area contributed by atoms with E-state index in [0.717, 1.165) is 16.7 Å². The Morgan fingerprint density at radius 2 is 1.62 bits per heavy atom. The number of pyridine rings is 1. The minimum atomic E-state index is -1.07. The molecule has 6 N–H and O–H groups in total. The first-order valence-corrected chi connectivity index (χ1v) is 11.9. The Morgan fingerprint density at radius 1 is 1.03 bits per heavy atom. The molecule has 37 heavy (non-hydrogen) atoms. The number of carboxylic acids is 1. The van der Waals surface area contributed by atoms with Crippen molar-refractivity contribution < 1.29 is 14.7 Å². The fraction of sp³-hybridized carbons (Fsp3) is 0.286. The Bertz CT molecular complexity index is 1240.